The van der Waals surface area contributed by atoms with Crippen molar-refractivity contribution in [3.05, 3.63) is 44.7 Å². The molecule has 0 radical (unpaired) electrons. The fourth-order valence-corrected chi connectivity index (χ4v) is 3.68. The van der Waals surface area contributed by atoms with E-state index < -0.39 is 0 Å². The van der Waals surface area contributed by atoms with Gasteiger partial charge in [-0.1, -0.05) is 5.16 Å². The molecule has 2 aromatic rings. The van der Waals surface area contributed by atoms with Gasteiger partial charge in [-0.3, -0.25) is 9.59 Å². The number of fused-ring (bicyclic) bond motifs is 2. The molecule has 0 saturated carbocycles. The highest BCUT2D eigenvalue weighted by atomic mass is 16.5. The lowest BCUT2D eigenvalue weighted by atomic mass is 9.96. The second-order valence-electron chi connectivity index (χ2n) is 6.78. The number of aromatic nitrogens is 3. The third-order valence-corrected chi connectivity index (χ3v) is 5.05. The molecule has 0 fully saturated rings. The molecule has 0 spiro atoms. The van der Waals surface area contributed by atoms with Gasteiger partial charge in [-0.25, -0.2) is 4.68 Å². The second kappa shape index (κ2) is 6.82. The summed E-state index contributed by atoms with van der Waals surface area (Å²) in [5.74, 6) is 0.599. The SMILES string of the molecule is O=C(NCCn1nc2c(cc1=O)CCCC2)c1noc2c1CCCC2. The molecule has 132 valence electrons. The quantitative estimate of drug-likeness (QED) is 0.907. The van der Waals surface area contributed by atoms with Crippen molar-refractivity contribution in [1.29, 1.82) is 0 Å². The largest absolute Gasteiger partial charge is 0.360 e. The average molecular weight is 342 g/mol. The molecular weight excluding hydrogens is 320 g/mol. The van der Waals surface area contributed by atoms with Gasteiger partial charge in [0.05, 0.1) is 12.2 Å². The summed E-state index contributed by atoms with van der Waals surface area (Å²) in [6, 6.07) is 1.69. The highest BCUT2D eigenvalue weighted by molar-refractivity contribution is 5.93. The first kappa shape index (κ1) is 16.1. The zero-order valence-electron chi connectivity index (χ0n) is 14.2. The zero-order chi connectivity index (χ0) is 17.2. The Morgan fingerprint density at radius 1 is 1.16 bits per heavy atom. The van der Waals surface area contributed by atoms with Gasteiger partial charge < -0.3 is 9.84 Å². The normalized spacial score (nSPS) is 16.2. The first-order chi connectivity index (χ1) is 12.2. The van der Waals surface area contributed by atoms with E-state index in [1.807, 2.05) is 0 Å². The van der Waals surface area contributed by atoms with E-state index in [1.54, 1.807) is 6.07 Å². The fraction of sp³-hybridized carbons (Fsp3) is 0.556. The minimum absolute atomic E-state index is 0.103. The van der Waals surface area contributed by atoms with Crippen molar-refractivity contribution in [2.75, 3.05) is 6.54 Å². The van der Waals surface area contributed by atoms with Gasteiger partial charge in [0.2, 0.25) is 0 Å². The summed E-state index contributed by atoms with van der Waals surface area (Å²) in [7, 11) is 0. The lowest BCUT2D eigenvalue weighted by Crippen LogP contribution is -2.33. The monoisotopic (exact) mass is 342 g/mol. The summed E-state index contributed by atoms with van der Waals surface area (Å²) in [6.45, 7) is 0.698. The molecule has 7 nitrogen and oxygen atoms in total. The van der Waals surface area contributed by atoms with Crippen molar-refractivity contribution in [1.82, 2.24) is 20.3 Å². The molecule has 1 N–H and O–H groups in total. The van der Waals surface area contributed by atoms with Crippen molar-refractivity contribution in [2.24, 2.45) is 0 Å². The van der Waals surface area contributed by atoms with Crippen LogP contribution in [0.5, 0.6) is 0 Å². The number of rotatable bonds is 4. The van der Waals surface area contributed by atoms with Crippen LogP contribution in [0.2, 0.25) is 0 Å². The molecular formula is C18H22N4O3. The van der Waals surface area contributed by atoms with E-state index in [0.29, 0.717) is 18.8 Å². The molecule has 0 atom stereocenters. The number of hydrogen-bond acceptors (Lipinski definition) is 5. The molecule has 2 aliphatic carbocycles. The van der Waals surface area contributed by atoms with Crippen LogP contribution in [0.3, 0.4) is 0 Å². The minimum atomic E-state index is -0.238. The van der Waals surface area contributed by atoms with Crippen LogP contribution in [-0.4, -0.2) is 27.4 Å². The maximum absolute atomic E-state index is 12.3. The van der Waals surface area contributed by atoms with Gasteiger partial charge in [0.15, 0.2) is 5.69 Å². The van der Waals surface area contributed by atoms with Crippen LogP contribution in [0.25, 0.3) is 0 Å². The minimum Gasteiger partial charge on any atom is -0.360 e. The number of nitrogens with one attached hydrogen (secondary N) is 1. The highest BCUT2D eigenvalue weighted by Gasteiger charge is 2.23. The Morgan fingerprint density at radius 2 is 1.96 bits per heavy atom. The molecule has 0 unspecified atom stereocenters. The highest BCUT2D eigenvalue weighted by Crippen LogP contribution is 2.24. The van der Waals surface area contributed by atoms with E-state index in [1.165, 1.54) is 4.68 Å². The molecule has 0 bridgehead atoms. The Balaban J connectivity index is 1.40. The van der Waals surface area contributed by atoms with Crippen LogP contribution in [0.4, 0.5) is 0 Å². The molecule has 0 aromatic carbocycles. The van der Waals surface area contributed by atoms with Gasteiger partial charge in [-0.2, -0.15) is 5.10 Å². The number of carbonyl (C=O) groups excluding carboxylic acids is 1. The number of hydrogen-bond donors (Lipinski definition) is 1. The van der Waals surface area contributed by atoms with Crippen molar-refractivity contribution >= 4 is 5.91 Å². The van der Waals surface area contributed by atoms with Crippen LogP contribution in [0.15, 0.2) is 15.4 Å². The Morgan fingerprint density at radius 3 is 2.88 bits per heavy atom. The lowest BCUT2D eigenvalue weighted by molar-refractivity contribution is 0.0942. The Hall–Kier alpha value is -2.44. The summed E-state index contributed by atoms with van der Waals surface area (Å²) >= 11 is 0. The van der Waals surface area contributed by atoms with E-state index in [4.69, 9.17) is 4.52 Å². The van der Waals surface area contributed by atoms with Crippen LogP contribution < -0.4 is 10.9 Å². The topological polar surface area (TPSA) is 90.0 Å². The predicted octanol–water partition coefficient (Wildman–Crippen LogP) is 1.42. The third kappa shape index (κ3) is 3.23. The number of carbonyl (C=O) groups is 1. The van der Waals surface area contributed by atoms with Gasteiger partial charge in [0.1, 0.15) is 5.76 Å². The maximum atomic E-state index is 12.3. The lowest BCUT2D eigenvalue weighted by Gasteiger charge is -2.16. The second-order valence-corrected chi connectivity index (χ2v) is 6.78. The molecule has 2 aliphatic rings. The van der Waals surface area contributed by atoms with Crippen LogP contribution in [-0.2, 0) is 32.2 Å². The molecule has 0 saturated heterocycles. The predicted molar refractivity (Wildman–Crippen MR) is 90.6 cm³/mol. The summed E-state index contributed by atoms with van der Waals surface area (Å²) in [4.78, 5) is 24.5. The summed E-state index contributed by atoms with van der Waals surface area (Å²) < 4.78 is 6.72. The number of aryl methyl sites for hydroxylation is 3. The van der Waals surface area contributed by atoms with E-state index in [9.17, 15) is 9.59 Å². The van der Waals surface area contributed by atoms with Gasteiger partial charge in [-0.15, -0.1) is 0 Å². The Kier molecular flexibility index (Phi) is 4.38. The molecule has 4 rings (SSSR count). The molecule has 2 aromatic heterocycles. The smallest absolute Gasteiger partial charge is 0.273 e. The van der Waals surface area contributed by atoms with E-state index >= 15 is 0 Å². The number of nitrogens with zero attached hydrogens (tertiary/aromatic N) is 3. The number of amides is 1. The van der Waals surface area contributed by atoms with E-state index in [-0.39, 0.29) is 11.5 Å². The molecule has 0 aliphatic heterocycles. The van der Waals surface area contributed by atoms with Crippen molar-refractivity contribution < 1.29 is 9.32 Å². The van der Waals surface area contributed by atoms with Crippen LogP contribution in [0.1, 0.15) is 58.8 Å². The zero-order valence-corrected chi connectivity index (χ0v) is 14.2. The van der Waals surface area contributed by atoms with Crippen molar-refractivity contribution in [2.45, 2.75) is 57.9 Å². The molecule has 1 amide bonds. The Labute approximate surface area is 145 Å². The van der Waals surface area contributed by atoms with Gasteiger partial charge in [0, 0.05) is 24.6 Å². The summed E-state index contributed by atoms with van der Waals surface area (Å²) in [6.07, 6.45) is 7.93. The molecule has 25 heavy (non-hydrogen) atoms. The third-order valence-electron chi connectivity index (χ3n) is 5.05. The fourth-order valence-electron chi connectivity index (χ4n) is 3.68. The van der Waals surface area contributed by atoms with E-state index in [0.717, 1.165) is 73.9 Å². The van der Waals surface area contributed by atoms with Gasteiger partial charge in [-0.05, 0) is 50.5 Å². The first-order valence-corrected chi connectivity index (χ1v) is 9.08. The maximum Gasteiger partial charge on any atom is 0.273 e. The molecule has 2 heterocycles. The summed E-state index contributed by atoms with van der Waals surface area (Å²) in [5, 5.41) is 11.2. The van der Waals surface area contributed by atoms with E-state index in [2.05, 4.69) is 15.6 Å². The van der Waals surface area contributed by atoms with Gasteiger partial charge >= 0.3 is 0 Å². The average Bonchev–Trinajstić information content (AvgIpc) is 3.06. The standard InChI is InChI=1S/C18H22N4O3/c23-16-11-12-5-1-3-7-14(12)20-22(16)10-9-19-18(24)17-13-6-2-4-8-15(13)25-21-17/h11H,1-10H2,(H,19,24). The van der Waals surface area contributed by atoms with Crippen molar-refractivity contribution in [3.63, 3.8) is 0 Å². The van der Waals surface area contributed by atoms with Crippen molar-refractivity contribution in [3.8, 4) is 0 Å². The van der Waals surface area contributed by atoms with Crippen LogP contribution >= 0.6 is 0 Å². The summed E-state index contributed by atoms with van der Waals surface area (Å²) in [5.41, 5.74) is 3.32. The Bertz CT molecular complexity index is 852. The van der Waals surface area contributed by atoms with Gasteiger partial charge in [0.25, 0.3) is 11.5 Å². The van der Waals surface area contributed by atoms with Crippen LogP contribution in [0, 0.1) is 0 Å². The molecule has 7 heteroatoms. The first-order valence-electron chi connectivity index (χ1n) is 9.08.